The molecule has 0 atom stereocenters. The van der Waals surface area contributed by atoms with E-state index in [1.807, 2.05) is 29.2 Å². The average molecular weight is 395 g/mol. The number of amides is 1. The van der Waals surface area contributed by atoms with Gasteiger partial charge in [0.2, 0.25) is 0 Å². The molecule has 0 saturated carbocycles. The minimum atomic E-state index is -0.0459. The van der Waals surface area contributed by atoms with Gasteiger partial charge in [-0.2, -0.15) is 0 Å². The van der Waals surface area contributed by atoms with Gasteiger partial charge in [0, 0.05) is 41.9 Å². The Bertz CT molecular complexity index is 740. The van der Waals surface area contributed by atoms with E-state index in [2.05, 4.69) is 4.90 Å². The second-order valence-corrected chi connectivity index (χ2v) is 6.83. The van der Waals surface area contributed by atoms with E-state index < -0.39 is 0 Å². The van der Waals surface area contributed by atoms with Crippen LogP contribution in [-0.2, 0) is 4.79 Å². The molecule has 0 spiro atoms. The van der Waals surface area contributed by atoms with Gasteiger partial charge in [-0.3, -0.25) is 4.79 Å². The summed E-state index contributed by atoms with van der Waals surface area (Å²) < 4.78 is 10.7. The number of hydrogen-bond donors (Lipinski definition) is 0. The molecule has 0 radical (unpaired) electrons. The van der Waals surface area contributed by atoms with Gasteiger partial charge >= 0.3 is 0 Å². The lowest BCUT2D eigenvalue weighted by molar-refractivity contribution is -0.133. The smallest absolute Gasteiger partial charge is 0.260 e. The number of halogens is 2. The Kier molecular flexibility index (Phi) is 6.12. The highest BCUT2D eigenvalue weighted by Gasteiger charge is 2.21. The van der Waals surface area contributed by atoms with Crippen LogP contribution in [0.15, 0.2) is 42.5 Å². The van der Waals surface area contributed by atoms with Crippen LogP contribution < -0.4 is 14.4 Å². The summed E-state index contributed by atoms with van der Waals surface area (Å²) in [6, 6.07) is 12.8. The molecule has 2 aromatic rings. The molecule has 1 fully saturated rings. The molecule has 1 amide bonds. The summed E-state index contributed by atoms with van der Waals surface area (Å²) >= 11 is 11.9. The molecular formula is C19H20Cl2N2O3. The van der Waals surface area contributed by atoms with Crippen molar-refractivity contribution in [2.24, 2.45) is 0 Å². The predicted molar refractivity (Wildman–Crippen MR) is 104 cm³/mol. The van der Waals surface area contributed by atoms with Crippen molar-refractivity contribution >= 4 is 34.8 Å². The number of piperazine rings is 1. The van der Waals surface area contributed by atoms with E-state index in [1.54, 1.807) is 25.3 Å². The first kappa shape index (κ1) is 18.7. The fourth-order valence-electron chi connectivity index (χ4n) is 2.86. The number of anilines is 1. The first-order valence-electron chi connectivity index (χ1n) is 8.31. The molecule has 1 aliphatic rings. The van der Waals surface area contributed by atoms with Crippen LogP contribution in [0.5, 0.6) is 11.5 Å². The first-order chi connectivity index (χ1) is 12.5. The van der Waals surface area contributed by atoms with E-state index in [4.69, 9.17) is 32.7 Å². The van der Waals surface area contributed by atoms with Gasteiger partial charge in [0.25, 0.3) is 5.91 Å². The maximum atomic E-state index is 12.4. The van der Waals surface area contributed by atoms with Gasteiger partial charge in [0.15, 0.2) is 6.61 Å². The number of nitrogens with zero attached hydrogens (tertiary/aromatic N) is 2. The maximum absolute atomic E-state index is 12.4. The van der Waals surface area contributed by atoms with Crippen molar-refractivity contribution in [2.45, 2.75) is 0 Å². The van der Waals surface area contributed by atoms with Crippen molar-refractivity contribution < 1.29 is 14.3 Å². The van der Waals surface area contributed by atoms with Crippen molar-refractivity contribution in [3.8, 4) is 11.5 Å². The Hall–Kier alpha value is -2.11. The fraction of sp³-hybridized carbons (Fsp3) is 0.316. The standard InChI is InChI=1S/C19H20Cl2N2O3/c1-25-17-4-2-16(3-5-17)22-6-8-23(9-7-22)19(24)13-26-18-11-14(20)10-15(21)12-18/h2-5,10-12H,6-9,13H2,1H3. The second kappa shape index (κ2) is 8.52. The first-order valence-corrected chi connectivity index (χ1v) is 9.06. The summed E-state index contributed by atoms with van der Waals surface area (Å²) in [4.78, 5) is 16.4. The SMILES string of the molecule is COc1ccc(N2CCN(C(=O)COc3cc(Cl)cc(Cl)c3)CC2)cc1. The van der Waals surface area contributed by atoms with Crippen LogP contribution in [0.25, 0.3) is 0 Å². The lowest BCUT2D eigenvalue weighted by atomic mass is 10.2. The molecule has 1 aliphatic heterocycles. The summed E-state index contributed by atoms with van der Waals surface area (Å²) in [6.07, 6.45) is 0. The zero-order valence-corrected chi connectivity index (χ0v) is 16.0. The van der Waals surface area contributed by atoms with Crippen molar-refractivity contribution in [3.63, 3.8) is 0 Å². The monoisotopic (exact) mass is 394 g/mol. The second-order valence-electron chi connectivity index (χ2n) is 5.96. The molecule has 0 N–H and O–H groups in total. The number of hydrogen-bond acceptors (Lipinski definition) is 4. The number of carbonyl (C=O) groups is 1. The Morgan fingerprint density at radius 1 is 0.962 bits per heavy atom. The summed E-state index contributed by atoms with van der Waals surface area (Å²) in [5, 5.41) is 0.959. The molecule has 0 aliphatic carbocycles. The molecule has 5 nitrogen and oxygen atoms in total. The number of rotatable bonds is 5. The summed E-state index contributed by atoms with van der Waals surface area (Å²) in [5.74, 6) is 1.28. The normalized spacial score (nSPS) is 14.3. The van der Waals surface area contributed by atoms with Crippen LogP contribution in [0.1, 0.15) is 0 Å². The van der Waals surface area contributed by atoms with Crippen LogP contribution in [0, 0.1) is 0 Å². The van der Waals surface area contributed by atoms with E-state index in [0.29, 0.717) is 28.9 Å². The molecule has 1 heterocycles. The van der Waals surface area contributed by atoms with Gasteiger partial charge in [-0.1, -0.05) is 23.2 Å². The van der Waals surface area contributed by atoms with Gasteiger partial charge in [0.1, 0.15) is 11.5 Å². The molecule has 3 rings (SSSR count). The molecule has 0 aromatic heterocycles. The third-order valence-electron chi connectivity index (χ3n) is 4.27. The Balaban J connectivity index is 1.49. The van der Waals surface area contributed by atoms with Crippen molar-refractivity contribution in [3.05, 3.63) is 52.5 Å². The lowest BCUT2D eigenvalue weighted by Crippen LogP contribution is -2.50. The number of ether oxygens (including phenoxy) is 2. The van der Waals surface area contributed by atoms with Gasteiger partial charge in [-0.25, -0.2) is 0 Å². The van der Waals surface area contributed by atoms with E-state index >= 15 is 0 Å². The van der Waals surface area contributed by atoms with Crippen LogP contribution >= 0.6 is 23.2 Å². The Morgan fingerprint density at radius 2 is 1.58 bits per heavy atom. The van der Waals surface area contributed by atoms with Gasteiger partial charge in [0.05, 0.1) is 7.11 Å². The van der Waals surface area contributed by atoms with E-state index in [0.717, 1.165) is 24.5 Å². The fourth-order valence-corrected chi connectivity index (χ4v) is 3.36. The predicted octanol–water partition coefficient (Wildman–Crippen LogP) is 3.73. The molecule has 0 bridgehead atoms. The third kappa shape index (κ3) is 4.74. The van der Waals surface area contributed by atoms with Crippen LogP contribution in [0.3, 0.4) is 0 Å². The molecule has 2 aromatic carbocycles. The zero-order valence-electron chi connectivity index (χ0n) is 14.5. The van der Waals surface area contributed by atoms with Crippen molar-refractivity contribution in [1.82, 2.24) is 4.90 Å². The number of methoxy groups -OCH3 is 1. The molecule has 138 valence electrons. The van der Waals surface area contributed by atoms with Crippen LogP contribution in [0.2, 0.25) is 10.0 Å². The van der Waals surface area contributed by atoms with E-state index in [9.17, 15) is 4.79 Å². The highest BCUT2D eigenvalue weighted by molar-refractivity contribution is 6.34. The largest absolute Gasteiger partial charge is 0.497 e. The molecule has 26 heavy (non-hydrogen) atoms. The highest BCUT2D eigenvalue weighted by Crippen LogP contribution is 2.24. The van der Waals surface area contributed by atoms with E-state index in [1.165, 1.54) is 0 Å². The lowest BCUT2D eigenvalue weighted by Gasteiger charge is -2.36. The zero-order chi connectivity index (χ0) is 18.5. The molecule has 0 unspecified atom stereocenters. The van der Waals surface area contributed by atoms with Gasteiger partial charge in [-0.05, 0) is 42.5 Å². The molecule has 1 saturated heterocycles. The maximum Gasteiger partial charge on any atom is 0.260 e. The van der Waals surface area contributed by atoms with Gasteiger partial charge in [-0.15, -0.1) is 0 Å². The van der Waals surface area contributed by atoms with Crippen LogP contribution in [-0.4, -0.2) is 50.7 Å². The number of carbonyl (C=O) groups excluding carboxylic acids is 1. The van der Waals surface area contributed by atoms with Gasteiger partial charge < -0.3 is 19.3 Å². The average Bonchev–Trinajstić information content (AvgIpc) is 2.65. The highest BCUT2D eigenvalue weighted by atomic mass is 35.5. The summed E-state index contributed by atoms with van der Waals surface area (Å²) in [6.45, 7) is 2.84. The minimum absolute atomic E-state index is 0.0286. The van der Waals surface area contributed by atoms with Crippen molar-refractivity contribution in [1.29, 1.82) is 0 Å². The Labute approximate surface area is 163 Å². The molecular weight excluding hydrogens is 375 g/mol. The molecule has 7 heteroatoms. The van der Waals surface area contributed by atoms with Crippen molar-refractivity contribution in [2.75, 3.05) is 44.8 Å². The quantitative estimate of drug-likeness (QED) is 0.774. The van der Waals surface area contributed by atoms with Crippen LogP contribution in [0.4, 0.5) is 5.69 Å². The number of benzene rings is 2. The topological polar surface area (TPSA) is 42.0 Å². The third-order valence-corrected chi connectivity index (χ3v) is 4.70. The minimum Gasteiger partial charge on any atom is -0.497 e. The van der Waals surface area contributed by atoms with E-state index in [-0.39, 0.29) is 12.5 Å². The Morgan fingerprint density at radius 3 is 2.15 bits per heavy atom. The summed E-state index contributed by atoms with van der Waals surface area (Å²) in [5.41, 5.74) is 1.13. The summed E-state index contributed by atoms with van der Waals surface area (Å²) in [7, 11) is 1.65.